The third kappa shape index (κ3) is 4.65. The van der Waals surface area contributed by atoms with Gasteiger partial charge in [-0.1, -0.05) is 31.2 Å². The maximum Gasteiger partial charge on any atom is 0.418 e. The van der Waals surface area contributed by atoms with Crippen LogP contribution < -0.4 is 5.32 Å². The Hall–Kier alpha value is -2.87. The molecule has 0 saturated carbocycles. The number of anilines is 1. The molecule has 27 heavy (non-hydrogen) atoms. The molecule has 1 amide bonds. The van der Waals surface area contributed by atoms with Gasteiger partial charge in [-0.3, -0.25) is 9.69 Å². The average Bonchev–Trinajstić information content (AvgIpc) is 3.03. The molecule has 3 aromatic rings. The van der Waals surface area contributed by atoms with E-state index < -0.39 is 17.6 Å². The van der Waals surface area contributed by atoms with Gasteiger partial charge in [0, 0.05) is 0 Å². The summed E-state index contributed by atoms with van der Waals surface area (Å²) < 4.78 is 44.7. The Morgan fingerprint density at radius 1 is 1.15 bits per heavy atom. The normalized spacial score (nSPS) is 11.9. The Morgan fingerprint density at radius 2 is 1.85 bits per heavy atom. The number of oxazole rings is 1. The topological polar surface area (TPSA) is 58.4 Å². The number of para-hydroxylation sites is 3. The van der Waals surface area contributed by atoms with Crippen molar-refractivity contribution in [1.29, 1.82) is 0 Å². The first-order chi connectivity index (χ1) is 12.9. The standard InChI is InChI=1S/C19H18F3N3O2/c1-2-25(12-18-24-15-9-5-6-10-16(15)27-18)11-17(26)23-14-8-4-3-7-13(14)19(20,21)22/h3-10H,2,11-12H2,1H3,(H,23,26). The Bertz CT molecular complexity index is 904. The lowest BCUT2D eigenvalue weighted by molar-refractivity contribution is -0.137. The minimum absolute atomic E-state index is 0.0819. The molecule has 0 spiro atoms. The van der Waals surface area contributed by atoms with Crippen molar-refractivity contribution in [1.82, 2.24) is 9.88 Å². The summed E-state index contributed by atoms with van der Waals surface area (Å²) in [6.45, 7) is 2.55. The summed E-state index contributed by atoms with van der Waals surface area (Å²) in [4.78, 5) is 18.3. The van der Waals surface area contributed by atoms with E-state index >= 15 is 0 Å². The van der Waals surface area contributed by atoms with Crippen LogP contribution in [-0.4, -0.2) is 28.9 Å². The summed E-state index contributed by atoms with van der Waals surface area (Å²) in [5, 5.41) is 2.34. The van der Waals surface area contributed by atoms with Gasteiger partial charge in [-0.25, -0.2) is 4.98 Å². The minimum Gasteiger partial charge on any atom is -0.439 e. The van der Waals surface area contributed by atoms with Crippen LogP contribution in [0.2, 0.25) is 0 Å². The molecule has 0 aliphatic heterocycles. The van der Waals surface area contributed by atoms with E-state index in [0.717, 1.165) is 6.07 Å². The first-order valence-electron chi connectivity index (χ1n) is 8.39. The summed E-state index contributed by atoms with van der Waals surface area (Å²) in [5.74, 6) is -0.0915. The van der Waals surface area contributed by atoms with Crippen LogP contribution in [0.25, 0.3) is 11.1 Å². The van der Waals surface area contributed by atoms with Gasteiger partial charge in [-0.05, 0) is 30.8 Å². The van der Waals surface area contributed by atoms with Crippen molar-refractivity contribution in [2.24, 2.45) is 0 Å². The second-order valence-electron chi connectivity index (χ2n) is 5.97. The maximum atomic E-state index is 13.0. The molecule has 0 aliphatic carbocycles. The molecule has 0 bridgehead atoms. The van der Waals surface area contributed by atoms with Gasteiger partial charge < -0.3 is 9.73 Å². The number of nitrogens with one attached hydrogen (secondary N) is 1. The molecule has 3 rings (SSSR count). The molecule has 2 aromatic carbocycles. The predicted molar refractivity (Wildman–Crippen MR) is 95.0 cm³/mol. The predicted octanol–water partition coefficient (Wildman–Crippen LogP) is 4.31. The first kappa shape index (κ1) is 18.9. The van der Waals surface area contributed by atoms with Crippen LogP contribution in [0, 0.1) is 0 Å². The van der Waals surface area contributed by atoms with Gasteiger partial charge in [-0.15, -0.1) is 0 Å². The van der Waals surface area contributed by atoms with E-state index in [1.165, 1.54) is 18.2 Å². The summed E-state index contributed by atoms with van der Waals surface area (Å²) in [6, 6.07) is 12.2. The van der Waals surface area contributed by atoms with Crippen LogP contribution in [0.1, 0.15) is 18.4 Å². The van der Waals surface area contributed by atoms with E-state index in [2.05, 4.69) is 10.3 Å². The minimum atomic E-state index is -4.54. The Labute approximate surface area is 153 Å². The fourth-order valence-corrected chi connectivity index (χ4v) is 2.69. The molecule has 0 saturated heterocycles. The van der Waals surface area contributed by atoms with E-state index in [1.807, 2.05) is 25.1 Å². The maximum absolute atomic E-state index is 13.0. The lowest BCUT2D eigenvalue weighted by atomic mass is 10.1. The summed E-state index contributed by atoms with van der Waals surface area (Å²) in [7, 11) is 0. The first-order valence-corrected chi connectivity index (χ1v) is 8.39. The number of rotatable bonds is 6. The molecule has 1 N–H and O–H groups in total. The average molecular weight is 377 g/mol. The number of likely N-dealkylation sites (N-methyl/N-ethyl adjacent to an activating group) is 1. The quantitative estimate of drug-likeness (QED) is 0.696. The highest BCUT2D eigenvalue weighted by molar-refractivity contribution is 5.93. The fraction of sp³-hybridized carbons (Fsp3) is 0.263. The molecule has 142 valence electrons. The zero-order valence-electron chi connectivity index (χ0n) is 14.6. The molecule has 0 atom stereocenters. The van der Waals surface area contributed by atoms with Gasteiger partial charge in [0.1, 0.15) is 5.52 Å². The highest BCUT2D eigenvalue weighted by atomic mass is 19.4. The van der Waals surface area contributed by atoms with E-state index in [0.29, 0.717) is 23.5 Å². The second kappa shape index (κ2) is 7.79. The van der Waals surface area contributed by atoms with Gasteiger partial charge in [0.15, 0.2) is 5.58 Å². The van der Waals surface area contributed by atoms with Gasteiger partial charge >= 0.3 is 6.18 Å². The molecule has 0 unspecified atom stereocenters. The van der Waals surface area contributed by atoms with Crippen LogP contribution in [0.4, 0.5) is 18.9 Å². The largest absolute Gasteiger partial charge is 0.439 e. The number of nitrogens with zero attached hydrogens (tertiary/aromatic N) is 2. The highest BCUT2D eigenvalue weighted by Crippen LogP contribution is 2.34. The van der Waals surface area contributed by atoms with Gasteiger partial charge in [0.2, 0.25) is 11.8 Å². The van der Waals surface area contributed by atoms with E-state index in [-0.39, 0.29) is 18.8 Å². The van der Waals surface area contributed by atoms with Crippen molar-refractivity contribution in [3.63, 3.8) is 0 Å². The Morgan fingerprint density at radius 3 is 2.56 bits per heavy atom. The number of hydrogen-bond acceptors (Lipinski definition) is 4. The number of hydrogen-bond donors (Lipinski definition) is 1. The molecule has 0 aliphatic rings. The van der Waals surface area contributed by atoms with Gasteiger partial charge in [-0.2, -0.15) is 13.2 Å². The third-order valence-corrected chi connectivity index (χ3v) is 4.02. The summed E-state index contributed by atoms with van der Waals surface area (Å²) in [6.07, 6.45) is -4.54. The van der Waals surface area contributed by atoms with E-state index in [9.17, 15) is 18.0 Å². The van der Waals surface area contributed by atoms with Gasteiger partial charge in [0.25, 0.3) is 0 Å². The molecular formula is C19H18F3N3O2. The van der Waals surface area contributed by atoms with Crippen molar-refractivity contribution in [3.8, 4) is 0 Å². The number of amides is 1. The second-order valence-corrected chi connectivity index (χ2v) is 5.97. The van der Waals surface area contributed by atoms with Crippen LogP contribution in [0.3, 0.4) is 0 Å². The van der Waals surface area contributed by atoms with Gasteiger partial charge in [0.05, 0.1) is 24.3 Å². The smallest absolute Gasteiger partial charge is 0.418 e. The van der Waals surface area contributed by atoms with Crippen molar-refractivity contribution >= 4 is 22.7 Å². The molecule has 1 heterocycles. The number of benzene rings is 2. The van der Waals surface area contributed by atoms with Crippen molar-refractivity contribution in [2.75, 3.05) is 18.4 Å². The fourth-order valence-electron chi connectivity index (χ4n) is 2.69. The number of fused-ring (bicyclic) bond motifs is 1. The molecule has 8 heteroatoms. The Balaban J connectivity index is 1.67. The van der Waals surface area contributed by atoms with E-state index in [4.69, 9.17) is 4.42 Å². The lowest BCUT2D eigenvalue weighted by Gasteiger charge is -2.19. The lowest BCUT2D eigenvalue weighted by Crippen LogP contribution is -2.33. The number of carbonyl (C=O) groups is 1. The zero-order valence-corrected chi connectivity index (χ0v) is 14.6. The SMILES string of the molecule is CCN(CC(=O)Nc1ccccc1C(F)(F)F)Cc1nc2ccccc2o1. The van der Waals surface area contributed by atoms with Crippen molar-refractivity contribution < 1.29 is 22.4 Å². The van der Waals surface area contributed by atoms with Crippen LogP contribution >= 0.6 is 0 Å². The number of halogens is 3. The molecule has 5 nitrogen and oxygen atoms in total. The number of carbonyl (C=O) groups excluding carboxylic acids is 1. The summed E-state index contributed by atoms with van der Waals surface area (Å²) >= 11 is 0. The number of alkyl halides is 3. The van der Waals surface area contributed by atoms with E-state index in [1.54, 1.807) is 11.0 Å². The third-order valence-electron chi connectivity index (χ3n) is 4.02. The van der Waals surface area contributed by atoms with Crippen LogP contribution in [-0.2, 0) is 17.5 Å². The summed E-state index contributed by atoms with van der Waals surface area (Å²) in [5.41, 5.74) is 0.229. The zero-order chi connectivity index (χ0) is 19.4. The Kier molecular flexibility index (Phi) is 5.46. The van der Waals surface area contributed by atoms with Crippen LogP contribution in [0.5, 0.6) is 0 Å². The van der Waals surface area contributed by atoms with Crippen LogP contribution in [0.15, 0.2) is 52.9 Å². The molecule has 0 radical (unpaired) electrons. The molecular weight excluding hydrogens is 359 g/mol. The van der Waals surface area contributed by atoms with Crippen molar-refractivity contribution in [3.05, 3.63) is 60.0 Å². The highest BCUT2D eigenvalue weighted by Gasteiger charge is 2.33. The monoisotopic (exact) mass is 377 g/mol. The molecule has 0 fully saturated rings. The van der Waals surface area contributed by atoms with Crippen molar-refractivity contribution in [2.45, 2.75) is 19.6 Å². The number of aromatic nitrogens is 1. The molecule has 1 aromatic heterocycles.